The van der Waals surface area contributed by atoms with E-state index in [1.807, 2.05) is 6.92 Å². The molecule has 0 aromatic carbocycles. The van der Waals surface area contributed by atoms with E-state index in [1.54, 1.807) is 12.1 Å². The molecule has 0 bridgehead atoms. The van der Waals surface area contributed by atoms with Gasteiger partial charge in [-0.2, -0.15) is 0 Å². The molecule has 3 N–H and O–H groups in total. The Labute approximate surface area is 91.0 Å². The Morgan fingerprint density at radius 3 is 2.93 bits per heavy atom. The molecule has 0 fully saturated rings. The van der Waals surface area contributed by atoms with Crippen LogP contribution in [0.2, 0.25) is 0 Å². The van der Waals surface area contributed by atoms with Crippen molar-refractivity contribution in [2.75, 3.05) is 13.1 Å². The number of amides is 1. The smallest absolute Gasteiger partial charge is 0.287 e. The van der Waals surface area contributed by atoms with E-state index in [0.717, 1.165) is 0 Å². The summed E-state index contributed by atoms with van der Waals surface area (Å²) in [7, 11) is 0. The van der Waals surface area contributed by atoms with Gasteiger partial charge in [-0.15, -0.1) is 0 Å². The highest BCUT2D eigenvalue weighted by Crippen LogP contribution is 2.13. The predicted molar refractivity (Wildman–Crippen MR) is 57.0 cm³/mol. The van der Waals surface area contributed by atoms with Crippen LogP contribution in [-0.4, -0.2) is 19.0 Å². The summed E-state index contributed by atoms with van der Waals surface area (Å²) in [5.74, 6) is 0.370. The summed E-state index contributed by atoms with van der Waals surface area (Å²) in [5.41, 5.74) is 5.42. The minimum atomic E-state index is -0.212. The van der Waals surface area contributed by atoms with Crippen molar-refractivity contribution in [2.24, 2.45) is 11.7 Å². The summed E-state index contributed by atoms with van der Waals surface area (Å²) >= 11 is 3.13. The fraction of sp³-hybridized carbons (Fsp3) is 0.444. The monoisotopic (exact) mass is 260 g/mol. The molecule has 1 rings (SSSR count). The molecule has 0 saturated heterocycles. The fourth-order valence-electron chi connectivity index (χ4n) is 0.874. The van der Waals surface area contributed by atoms with Crippen molar-refractivity contribution in [3.05, 3.63) is 22.6 Å². The molecule has 78 valence electrons. The zero-order valence-electron chi connectivity index (χ0n) is 7.92. The van der Waals surface area contributed by atoms with Gasteiger partial charge in [0.2, 0.25) is 0 Å². The van der Waals surface area contributed by atoms with Gasteiger partial charge in [0.05, 0.1) is 0 Å². The van der Waals surface area contributed by atoms with Crippen LogP contribution in [0.4, 0.5) is 0 Å². The van der Waals surface area contributed by atoms with Gasteiger partial charge in [0.25, 0.3) is 5.91 Å². The standard InChI is InChI=1S/C9H13BrN2O2/c1-6(4-11)5-12-9(13)7-2-3-8(10)14-7/h2-3,6H,4-5,11H2,1H3,(H,12,13). The number of carbonyl (C=O) groups is 1. The second-order valence-electron chi connectivity index (χ2n) is 3.15. The molecule has 0 saturated carbocycles. The average molecular weight is 261 g/mol. The third kappa shape index (κ3) is 3.16. The second kappa shape index (κ2) is 5.17. The van der Waals surface area contributed by atoms with Crippen LogP contribution >= 0.6 is 15.9 Å². The van der Waals surface area contributed by atoms with Crippen LogP contribution in [0.15, 0.2) is 21.2 Å². The second-order valence-corrected chi connectivity index (χ2v) is 3.94. The molecule has 0 spiro atoms. The Bertz CT molecular complexity index is 312. The van der Waals surface area contributed by atoms with Gasteiger partial charge in [-0.3, -0.25) is 4.79 Å². The minimum Gasteiger partial charge on any atom is -0.444 e. The molecular weight excluding hydrogens is 248 g/mol. The molecule has 5 heteroatoms. The molecule has 0 radical (unpaired) electrons. The number of hydrogen-bond donors (Lipinski definition) is 2. The Morgan fingerprint density at radius 2 is 2.43 bits per heavy atom. The van der Waals surface area contributed by atoms with Gasteiger partial charge in [-0.1, -0.05) is 6.92 Å². The Balaban J connectivity index is 2.43. The van der Waals surface area contributed by atoms with Crippen molar-refractivity contribution < 1.29 is 9.21 Å². The highest BCUT2D eigenvalue weighted by atomic mass is 79.9. The van der Waals surface area contributed by atoms with Crippen LogP contribution in [0.25, 0.3) is 0 Å². The van der Waals surface area contributed by atoms with Gasteiger partial charge in [-0.05, 0) is 40.5 Å². The zero-order chi connectivity index (χ0) is 10.6. The number of nitrogens with two attached hydrogens (primary N) is 1. The molecule has 4 nitrogen and oxygen atoms in total. The molecule has 1 atom stereocenters. The summed E-state index contributed by atoms with van der Waals surface area (Å²) in [5, 5.41) is 2.73. The maximum atomic E-state index is 11.4. The van der Waals surface area contributed by atoms with Crippen LogP contribution in [-0.2, 0) is 0 Å². The molecule has 1 aromatic rings. The minimum absolute atomic E-state index is 0.212. The number of rotatable bonds is 4. The van der Waals surface area contributed by atoms with Crippen LogP contribution in [0.3, 0.4) is 0 Å². The largest absolute Gasteiger partial charge is 0.444 e. The Kier molecular flexibility index (Phi) is 4.16. The van der Waals surface area contributed by atoms with Gasteiger partial charge in [0.15, 0.2) is 10.4 Å². The van der Waals surface area contributed by atoms with E-state index in [2.05, 4.69) is 21.2 Å². The fourth-order valence-corrected chi connectivity index (χ4v) is 1.18. The first-order chi connectivity index (χ1) is 6.63. The lowest BCUT2D eigenvalue weighted by Crippen LogP contribution is -2.30. The SMILES string of the molecule is CC(CN)CNC(=O)c1ccc(Br)o1. The number of nitrogens with one attached hydrogen (secondary N) is 1. The highest BCUT2D eigenvalue weighted by molar-refractivity contribution is 9.10. The van der Waals surface area contributed by atoms with Crippen LogP contribution in [0.1, 0.15) is 17.5 Å². The van der Waals surface area contributed by atoms with Crippen molar-refractivity contribution in [2.45, 2.75) is 6.92 Å². The molecule has 1 aromatic heterocycles. The molecule has 0 aliphatic heterocycles. The molecule has 14 heavy (non-hydrogen) atoms. The van der Waals surface area contributed by atoms with E-state index >= 15 is 0 Å². The number of hydrogen-bond acceptors (Lipinski definition) is 3. The van der Waals surface area contributed by atoms with Gasteiger partial charge in [0, 0.05) is 6.54 Å². The van der Waals surface area contributed by atoms with E-state index in [0.29, 0.717) is 23.5 Å². The third-order valence-electron chi connectivity index (χ3n) is 1.81. The summed E-state index contributed by atoms with van der Waals surface area (Å²) in [4.78, 5) is 11.4. The predicted octanol–water partition coefficient (Wildman–Crippen LogP) is 1.37. The van der Waals surface area contributed by atoms with Gasteiger partial charge < -0.3 is 15.5 Å². The van der Waals surface area contributed by atoms with Crippen LogP contribution in [0, 0.1) is 5.92 Å². The van der Waals surface area contributed by atoms with Crippen molar-refractivity contribution in [1.82, 2.24) is 5.32 Å². The molecule has 1 unspecified atom stereocenters. The van der Waals surface area contributed by atoms with E-state index in [9.17, 15) is 4.79 Å². The molecule has 0 aliphatic rings. The molecular formula is C9H13BrN2O2. The summed E-state index contributed by atoms with van der Waals surface area (Å²) < 4.78 is 5.64. The van der Waals surface area contributed by atoms with Crippen molar-refractivity contribution in [3.8, 4) is 0 Å². The lowest BCUT2D eigenvalue weighted by Gasteiger charge is -2.08. The quantitative estimate of drug-likeness (QED) is 0.860. The zero-order valence-corrected chi connectivity index (χ0v) is 9.50. The number of halogens is 1. The van der Waals surface area contributed by atoms with E-state index in [4.69, 9.17) is 10.2 Å². The first kappa shape index (κ1) is 11.3. The van der Waals surface area contributed by atoms with Crippen molar-refractivity contribution in [1.29, 1.82) is 0 Å². The molecule has 1 amide bonds. The van der Waals surface area contributed by atoms with Gasteiger partial charge in [-0.25, -0.2) is 0 Å². The lowest BCUT2D eigenvalue weighted by atomic mass is 10.2. The Hall–Kier alpha value is -0.810. The van der Waals surface area contributed by atoms with Crippen LogP contribution in [0.5, 0.6) is 0 Å². The average Bonchev–Trinajstić information content (AvgIpc) is 2.60. The maximum Gasteiger partial charge on any atom is 0.287 e. The molecule has 0 aliphatic carbocycles. The molecule has 1 heterocycles. The number of carbonyl (C=O) groups excluding carboxylic acids is 1. The van der Waals surface area contributed by atoms with Gasteiger partial charge >= 0.3 is 0 Å². The van der Waals surface area contributed by atoms with Crippen LogP contribution < -0.4 is 11.1 Å². The number of furan rings is 1. The summed E-state index contributed by atoms with van der Waals surface area (Å²) in [6.07, 6.45) is 0. The maximum absolute atomic E-state index is 11.4. The lowest BCUT2D eigenvalue weighted by molar-refractivity contribution is 0.0919. The van der Waals surface area contributed by atoms with E-state index in [-0.39, 0.29) is 11.8 Å². The van der Waals surface area contributed by atoms with Crippen molar-refractivity contribution >= 4 is 21.8 Å². The normalized spacial score (nSPS) is 12.5. The van der Waals surface area contributed by atoms with Gasteiger partial charge in [0.1, 0.15) is 0 Å². The first-order valence-corrected chi connectivity index (χ1v) is 5.16. The van der Waals surface area contributed by atoms with E-state index in [1.165, 1.54) is 0 Å². The Morgan fingerprint density at radius 1 is 1.71 bits per heavy atom. The van der Waals surface area contributed by atoms with Crippen molar-refractivity contribution in [3.63, 3.8) is 0 Å². The highest BCUT2D eigenvalue weighted by Gasteiger charge is 2.10. The first-order valence-electron chi connectivity index (χ1n) is 4.37. The topological polar surface area (TPSA) is 68.3 Å². The summed E-state index contributed by atoms with van der Waals surface area (Å²) in [6, 6.07) is 3.30. The third-order valence-corrected chi connectivity index (χ3v) is 2.24. The summed E-state index contributed by atoms with van der Waals surface area (Å²) in [6.45, 7) is 3.09. The van der Waals surface area contributed by atoms with E-state index < -0.39 is 0 Å².